The molecule has 2 aromatic heterocycles. The second kappa shape index (κ2) is 7.80. The van der Waals surface area contributed by atoms with E-state index >= 15 is 0 Å². The van der Waals surface area contributed by atoms with Crippen LogP contribution in [0.1, 0.15) is 17.1 Å². The fourth-order valence-corrected chi connectivity index (χ4v) is 3.18. The van der Waals surface area contributed by atoms with Crippen LogP contribution in [0.4, 0.5) is 5.82 Å². The molecule has 7 nitrogen and oxygen atoms in total. The molecule has 0 unspecified atom stereocenters. The van der Waals surface area contributed by atoms with E-state index in [9.17, 15) is 10.1 Å². The first-order valence-electron chi connectivity index (χ1n) is 7.85. The average molecular weight is 364 g/mol. The number of aromatic nitrogens is 4. The minimum Gasteiger partial charge on any atom is -0.309 e. The number of para-hydroxylation sites is 1. The number of hydrogen-bond acceptors (Lipinski definition) is 6. The summed E-state index contributed by atoms with van der Waals surface area (Å²) < 4.78 is 1.54. The largest absolute Gasteiger partial charge is 0.309 e. The van der Waals surface area contributed by atoms with Gasteiger partial charge in [0, 0.05) is 5.69 Å². The molecule has 0 saturated heterocycles. The third-order valence-corrected chi connectivity index (χ3v) is 4.35. The highest BCUT2D eigenvalue weighted by molar-refractivity contribution is 7.99. The molecule has 3 aromatic rings. The summed E-state index contributed by atoms with van der Waals surface area (Å²) in [6.45, 7) is 3.70. The highest BCUT2D eigenvalue weighted by Crippen LogP contribution is 2.21. The van der Waals surface area contributed by atoms with E-state index in [1.807, 2.05) is 50.2 Å². The van der Waals surface area contributed by atoms with E-state index in [1.165, 1.54) is 18.0 Å². The maximum absolute atomic E-state index is 12.4. The molecule has 0 spiro atoms. The number of aryl methyl sites for hydroxylation is 2. The molecule has 3 rings (SSSR count). The van der Waals surface area contributed by atoms with Crippen molar-refractivity contribution in [2.45, 2.75) is 18.9 Å². The minimum atomic E-state index is -0.238. The van der Waals surface area contributed by atoms with Gasteiger partial charge in [0.1, 0.15) is 22.5 Å². The summed E-state index contributed by atoms with van der Waals surface area (Å²) in [5, 5.41) is 17.0. The number of nitrogens with zero attached hydrogens (tertiary/aromatic N) is 5. The van der Waals surface area contributed by atoms with E-state index in [0.717, 1.165) is 16.4 Å². The van der Waals surface area contributed by atoms with E-state index in [1.54, 1.807) is 4.68 Å². The molecular formula is C18H16N6OS. The van der Waals surface area contributed by atoms with Crippen LogP contribution in [0.25, 0.3) is 5.69 Å². The number of nitrogens with one attached hydrogen (secondary N) is 1. The highest BCUT2D eigenvalue weighted by atomic mass is 32.2. The number of rotatable bonds is 5. The molecule has 26 heavy (non-hydrogen) atoms. The molecule has 0 fully saturated rings. The summed E-state index contributed by atoms with van der Waals surface area (Å²) in [6, 6.07) is 13.2. The molecule has 0 atom stereocenters. The van der Waals surface area contributed by atoms with Crippen molar-refractivity contribution in [3.05, 3.63) is 59.7 Å². The second-order valence-corrected chi connectivity index (χ2v) is 6.49. The van der Waals surface area contributed by atoms with Crippen LogP contribution in [-0.2, 0) is 4.79 Å². The number of anilines is 1. The quantitative estimate of drug-likeness (QED) is 0.552. The van der Waals surface area contributed by atoms with Crippen molar-refractivity contribution in [2.24, 2.45) is 0 Å². The summed E-state index contributed by atoms with van der Waals surface area (Å²) in [6.07, 6.45) is 1.44. The number of benzene rings is 1. The Morgan fingerprint density at radius 2 is 2.04 bits per heavy atom. The van der Waals surface area contributed by atoms with Crippen molar-refractivity contribution < 1.29 is 4.79 Å². The van der Waals surface area contributed by atoms with Crippen LogP contribution >= 0.6 is 11.8 Å². The van der Waals surface area contributed by atoms with E-state index in [4.69, 9.17) is 0 Å². The van der Waals surface area contributed by atoms with Gasteiger partial charge in [-0.1, -0.05) is 30.0 Å². The number of thioether (sulfide) groups is 1. The SMILES string of the molecule is Cc1cc(SCC(=O)Nc2c(C#N)cnn2-c2ccccc2)nc(C)n1. The zero-order valence-electron chi connectivity index (χ0n) is 14.3. The molecule has 130 valence electrons. The molecule has 8 heteroatoms. The second-order valence-electron chi connectivity index (χ2n) is 5.50. The van der Waals surface area contributed by atoms with Crippen LogP contribution in [0, 0.1) is 25.2 Å². The van der Waals surface area contributed by atoms with Gasteiger partial charge in [0.25, 0.3) is 0 Å². The summed E-state index contributed by atoms with van der Waals surface area (Å²) in [5.74, 6) is 0.958. The lowest BCUT2D eigenvalue weighted by Gasteiger charge is -2.09. The van der Waals surface area contributed by atoms with E-state index < -0.39 is 0 Å². The molecule has 0 aliphatic heterocycles. The molecule has 0 aliphatic rings. The van der Waals surface area contributed by atoms with Crippen molar-refractivity contribution >= 4 is 23.5 Å². The topological polar surface area (TPSA) is 96.5 Å². The maximum Gasteiger partial charge on any atom is 0.235 e. The molecule has 2 heterocycles. The zero-order valence-corrected chi connectivity index (χ0v) is 15.1. The highest BCUT2D eigenvalue weighted by Gasteiger charge is 2.15. The lowest BCUT2D eigenvalue weighted by molar-refractivity contribution is -0.113. The lowest BCUT2D eigenvalue weighted by Crippen LogP contribution is -2.18. The number of carbonyl (C=O) groups excluding carboxylic acids is 1. The first-order chi connectivity index (χ1) is 12.6. The Morgan fingerprint density at radius 1 is 1.27 bits per heavy atom. The molecule has 0 bridgehead atoms. The number of amides is 1. The van der Waals surface area contributed by atoms with E-state index in [-0.39, 0.29) is 11.7 Å². The van der Waals surface area contributed by atoms with Crippen molar-refractivity contribution in [3.8, 4) is 11.8 Å². The fraction of sp³-hybridized carbons (Fsp3) is 0.167. The summed E-state index contributed by atoms with van der Waals surface area (Å²) in [5.41, 5.74) is 1.93. The third kappa shape index (κ3) is 4.07. The number of hydrogen-bond donors (Lipinski definition) is 1. The standard InChI is InChI=1S/C18H16N6OS/c1-12-8-17(22-13(2)21-12)26-11-16(25)23-18-14(9-19)10-20-24(18)15-6-4-3-5-7-15/h3-8,10H,11H2,1-2H3,(H,23,25). The first-order valence-corrected chi connectivity index (χ1v) is 8.84. The van der Waals surface area contributed by atoms with E-state index in [0.29, 0.717) is 17.2 Å². The predicted octanol–water partition coefficient (Wildman–Crippen LogP) is 2.88. The van der Waals surface area contributed by atoms with Crippen molar-refractivity contribution in [2.75, 3.05) is 11.1 Å². The summed E-state index contributed by atoms with van der Waals surface area (Å²) in [4.78, 5) is 20.9. The summed E-state index contributed by atoms with van der Waals surface area (Å²) >= 11 is 1.32. The molecule has 0 aliphatic carbocycles. The number of nitriles is 1. The van der Waals surface area contributed by atoms with Crippen LogP contribution in [0.3, 0.4) is 0 Å². The van der Waals surface area contributed by atoms with Crippen molar-refractivity contribution in [1.29, 1.82) is 5.26 Å². The Hall–Kier alpha value is -3.18. The van der Waals surface area contributed by atoms with Crippen LogP contribution in [0.15, 0.2) is 47.6 Å². The van der Waals surface area contributed by atoms with Crippen LogP contribution < -0.4 is 5.32 Å². The smallest absolute Gasteiger partial charge is 0.235 e. The van der Waals surface area contributed by atoms with Gasteiger partial charge in [0.15, 0.2) is 5.82 Å². The molecular weight excluding hydrogens is 348 g/mol. The molecule has 0 radical (unpaired) electrons. The van der Waals surface area contributed by atoms with Crippen LogP contribution in [-0.4, -0.2) is 31.4 Å². The van der Waals surface area contributed by atoms with Crippen molar-refractivity contribution in [1.82, 2.24) is 19.7 Å². The maximum atomic E-state index is 12.4. The molecule has 1 N–H and O–H groups in total. The average Bonchev–Trinajstić information content (AvgIpc) is 3.02. The third-order valence-electron chi connectivity index (χ3n) is 3.44. The minimum absolute atomic E-state index is 0.167. The Balaban J connectivity index is 1.75. The van der Waals surface area contributed by atoms with Gasteiger partial charge < -0.3 is 5.32 Å². The normalized spacial score (nSPS) is 10.3. The summed E-state index contributed by atoms with van der Waals surface area (Å²) in [7, 11) is 0. The lowest BCUT2D eigenvalue weighted by atomic mass is 10.3. The monoisotopic (exact) mass is 364 g/mol. The molecule has 1 aromatic carbocycles. The molecule has 1 amide bonds. The Labute approximate surface area is 155 Å². The van der Waals surface area contributed by atoms with Crippen molar-refractivity contribution in [3.63, 3.8) is 0 Å². The molecule has 0 saturated carbocycles. The van der Waals surface area contributed by atoms with E-state index in [2.05, 4.69) is 26.5 Å². The van der Waals surface area contributed by atoms with Gasteiger partial charge in [-0.25, -0.2) is 14.6 Å². The van der Waals surface area contributed by atoms with Gasteiger partial charge in [-0.05, 0) is 32.0 Å². The number of carbonyl (C=O) groups is 1. The zero-order chi connectivity index (χ0) is 18.5. The van der Waals surface area contributed by atoms with Crippen LogP contribution in [0.5, 0.6) is 0 Å². The van der Waals surface area contributed by atoms with Gasteiger partial charge in [-0.2, -0.15) is 10.4 Å². The predicted molar refractivity (Wildman–Crippen MR) is 99.1 cm³/mol. The fourth-order valence-electron chi connectivity index (χ4n) is 2.38. The van der Waals surface area contributed by atoms with Gasteiger partial charge in [-0.3, -0.25) is 4.79 Å². The Kier molecular flexibility index (Phi) is 5.29. The van der Waals surface area contributed by atoms with Gasteiger partial charge in [-0.15, -0.1) is 0 Å². The van der Waals surface area contributed by atoms with Gasteiger partial charge >= 0.3 is 0 Å². The Bertz CT molecular complexity index is 957. The van der Waals surface area contributed by atoms with Gasteiger partial charge in [0.05, 0.1) is 17.6 Å². The Morgan fingerprint density at radius 3 is 2.73 bits per heavy atom. The van der Waals surface area contributed by atoms with Crippen LogP contribution in [0.2, 0.25) is 0 Å². The van der Waals surface area contributed by atoms with Gasteiger partial charge in [0.2, 0.25) is 5.91 Å². The first kappa shape index (κ1) is 17.6.